The Labute approximate surface area is 120 Å². The molecule has 0 bridgehead atoms. The number of nitrogens with one attached hydrogen (secondary N) is 1. The summed E-state index contributed by atoms with van der Waals surface area (Å²) in [6.45, 7) is 3.60. The van der Waals surface area contributed by atoms with Crippen molar-refractivity contribution in [2.24, 2.45) is 0 Å². The fourth-order valence-electron chi connectivity index (χ4n) is 1.67. The van der Waals surface area contributed by atoms with Gasteiger partial charge in [0.05, 0.1) is 0 Å². The molecule has 1 heterocycles. The van der Waals surface area contributed by atoms with Gasteiger partial charge in [-0.25, -0.2) is 9.18 Å². The highest BCUT2D eigenvalue weighted by molar-refractivity contribution is 5.75. The van der Waals surface area contributed by atoms with E-state index < -0.39 is 11.6 Å². The summed E-state index contributed by atoms with van der Waals surface area (Å²) in [6.07, 6.45) is 0.792. The van der Waals surface area contributed by atoms with Crippen molar-refractivity contribution in [3.05, 3.63) is 40.6 Å². The van der Waals surface area contributed by atoms with Gasteiger partial charge in [-0.1, -0.05) is 6.92 Å². The Balaban J connectivity index is 2.14. The van der Waals surface area contributed by atoms with Crippen molar-refractivity contribution in [2.45, 2.75) is 32.9 Å². The van der Waals surface area contributed by atoms with Crippen molar-refractivity contribution in [3.63, 3.8) is 0 Å². The Kier molecular flexibility index (Phi) is 4.52. The summed E-state index contributed by atoms with van der Waals surface area (Å²) in [5.41, 5.74) is 0.467. The molecule has 1 atom stereocenters. The molecular formula is C14H16FN3O3. The van der Waals surface area contributed by atoms with Gasteiger partial charge in [0.2, 0.25) is 11.8 Å². The van der Waals surface area contributed by atoms with E-state index in [1.165, 1.54) is 24.3 Å². The number of carbonyl (C=O) groups excluding carboxylic acids is 1. The van der Waals surface area contributed by atoms with Gasteiger partial charge in [-0.3, -0.25) is 4.79 Å². The Bertz CT molecular complexity index is 676. The molecule has 21 heavy (non-hydrogen) atoms. The summed E-state index contributed by atoms with van der Waals surface area (Å²) in [5, 5.41) is 6.67. The first-order chi connectivity index (χ1) is 9.99. The zero-order valence-electron chi connectivity index (χ0n) is 11.8. The second kappa shape index (κ2) is 6.34. The van der Waals surface area contributed by atoms with Gasteiger partial charge < -0.3 is 9.73 Å². The highest BCUT2D eigenvalue weighted by Gasteiger charge is 2.14. The van der Waals surface area contributed by atoms with E-state index in [4.69, 9.17) is 4.42 Å². The van der Waals surface area contributed by atoms with E-state index in [9.17, 15) is 14.0 Å². The molecule has 0 saturated heterocycles. The first-order valence-corrected chi connectivity index (χ1v) is 6.63. The van der Waals surface area contributed by atoms with Crippen LogP contribution in [-0.4, -0.2) is 21.7 Å². The summed E-state index contributed by atoms with van der Waals surface area (Å²) in [5.74, 6) is -1.39. The molecule has 1 N–H and O–H groups in total. The van der Waals surface area contributed by atoms with Crippen molar-refractivity contribution in [1.82, 2.24) is 15.1 Å². The van der Waals surface area contributed by atoms with Gasteiger partial charge in [0.1, 0.15) is 12.4 Å². The highest BCUT2D eigenvalue weighted by atomic mass is 19.1. The number of rotatable bonds is 5. The summed E-state index contributed by atoms with van der Waals surface area (Å²) >= 11 is 0. The molecule has 0 aliphatic rings. The Morgan fingerprint density at radius 1 is 1.43 bits per heavy atom. The molecule has 2 rings (SSSR count). The number of nitrogens with zero attached hydrogens (tertiary/aromatic N) is 2. The minimum atomic E-state index is -0.728. The fourth-order valence-corrected chi connectivity index (χ4v) is 1.67. The van der Waals surface area contributed by atoms with E-state index in [1.54, 1.807) is 0 Å². The Hall–Kier alpha value is -2.44. The lowest BCUT2D eigenvalue weighted by atomic mass is 10.2. The van der Waals surface area contributed by atoms with Crippen LogP contribution in [0.4, 0.5) is 4.39 Å². The maximum Gasteiger partial charge on any atom is 0.437 e. The largest absolute Gasteiger partial charge is 0.437 e. The third-order valence-corrected chi connectivity index (χ3v) is 3.01. The highest BCUT2D eigenvalue weighted by Crippen LogP contribution is 2.15. The van der Waals surface area contributed by atoms with Crippen LogP contribution in [0, 0.1) is 5.82 Å². The first kappa shape index (κ1) is 15.0. The minimum Gasteiger partial charge on any atom is -0.388 e. The van der Waals surface area contributed by atoms with Crippen LogP contribution in [0.5, 0.6) is 0 Å². The van der Waals surface area contributed by atoms with E-state index in [0.29, 0.717) is 5.56 Å². The van der Waals surface area contributed by atoms with Gasteiger partial charge in [-0.05, 0) is 37.6 Å². The Morgan fingerprint density at radius 3 is 2.71 bits per heavy atom. The second-order valence-electron chi connectivity index (χ2n) is 4.71. The monoisotopic (exact) mass is 293 g/mol. The number of carbonyl (C=O) groups is 1. The summed E-state index contributed by atoms with van der Waals surface area (Å²) in [7, 11) is 0. The minimum absolute atomic E-state index is 0.0247. The predicted octanol–water partition coefficient (Wildman–Crippen LogP) is 1.56. The lowest BCUT2D eigenvalue weighted by molar-refractivity contribution is -0.122. The molecular weight excluding hydrogens is 277 g/mol. The normalized spacial score (nSPS) is 12.1. The van der Waals surface area contributed by atoms with Gasteiger partial charge in [0, 0.05) is 11.6 Å². The smallest absolute Gasteiger partial charge is 0.388 e. The summed E-state index contributed by atoms with van der Waals surface area (Å²) < 4.78 is 18.8. The third-order valence-electron chi connectivity index (χ3n) is 3.01. The lowest BCUT2D eigenvalue weighted by Gasteiger charge is -2.10. The van der Waals surface area contributed by atoms with Gasteiger partial charge in [-0.2, -0.15) is 4.68 Å². The number of benzene rings is 1. The molecule has 1 aromatic heterocycles. The SMILES string of the molecule is CC[C@@H](C)NC(=O)Cn1nc(-c2ccc(F)cc2)oc1=O. The maximum atomic E-state index is 12.8. The molecule has 7 heteroatoms. The molecule has 0 aliphatic heterocycles. The van der Waals surface area contributed by atoms with Crippen LogP contribution in [0.3, 0.4) is 0 Å². The van der Waals surface area contributed by atoms with Crippen LogP contribution < -0.4 is 11.1 Å². The van der Waals surface area contributed by atoms with E-state index in [2.05, 4.69) is 10.4 Å². The number of amides is 1. The Morgan fingerprint density at radius 2 is 2.10 bits per heavy atom. The van der Waals surface area contributed by atoms with Crippen molar-refractivity contribution < 1.29 is 13.6 Å². The molecule has 0 fully saturated rings. The fraction of sp³-hybridized carbons (Fsp3) is 0.357. The molecule has 0 radical (unpaired) electrons. The van der Waals surface area contributed by atoms with E-state index in [0.717, 1.165) is 11.1 Å². The van der Waals surface area contributed by atoms with Crippen LogP contribution in [0.1, 0.15) is 20.3 Å². The molecule has 1 amide bonds. The van der Waals surface area contributed by atoms with Gasteiger partial charge in [0.25, 0.3) is 0 Å². The van der Waals surface area contributed by atoms with Crippen LogP contribution >= 0.6 is 0 Å². The van der Waals surface area contributed by atoms with Gasteiger partial charge in [-0.15, -0.1) is 5.10 Å². The second-order valence-corrected chi connectivity index (χ2v) is 4.71. The van der Waals surface area contributed by atoms with Crippen molar-refractivity contribution in [2.75, 3.05) is 0 Å². The van der Waals surface area contributed by atoms with E-state index in [1.807, 2.05) is 13.8 Å². The zero-order valence-corrected chi connectivity index (χ0v) is 11.8. The average Bonchev–Trinajstić information content (AvgIpc) is 2.80. The zero-order chi connectivity index (χ0) is 15.4. The molecule has 0 aliphatic carbocycles. The van der Waals surface area contributed by atoms with Crippen LogP contribution in [0.25, 0.3) is 11.5 Å². The number of hydrogen-bond donors (Lipinski definition) is 1. The van der Waals surface area contributed by atoms with Gasteiger partial charge in [0.15, 0.2) is 0 Å². The quantitative estimate of drug-likeness (QED) is 0.907. The van der Waals surface area contributed by atoms with Crippen molar-refractivity contribution in [1.29, 1.82) is 0 Å². The molecule has 0 unspecified atom stereocenters. The number of halogens is 1. The molecule has 6 nitrogen and oxygen atoms in total. The molecule has 0 spiro atoms. The maximum absolute atomic E-state index is 12.8. The van der Waals surface area contributed by atoms with Crippen molar-refractivity contribution >= 4 is 5.91 Å². The van der Waals surface area contributed by atoms with Crippen LogP contribution in [-0.2, 0) is 11.3 Å². The van der Waals surface area contributed by atoms with Crippen LogP contribution in [0.15, 0.2) is 33.5 Å². The van der Waals surface area contributed by atoms with Crippen molar-refractivity contribution in [3.8, 4) is 11.5 Å². The van der Waals surface area contributed by atoms with E-state index >= 15 is 0 Å². The predicted molar refractivity (Wildman–Crippen MR) is 74.1 cm³/mol. The van der Waals surface area contributed by atoms with Crippen LogP contribution in [0.2, 0.25) is 0 Å². The first-order valence-electron chi connectivity index (χ1n) is 6.63. The third kappa shape index (κ3) is 3.77. The summed E-state index contributed by atoms with van der Waals surface area (Å²) in [6, 6.07) is 5.40. The van der Waals surface area contributed by atoms with Gasteiger partial charge >= 0.3 is 5.76 Å². The molecule has 112 valence electrons. The molecule has 0 saturated carbocycles. The topological polar surface area (TPSA) is 77.1 Å². The van der Waals surface area contributed by atoms with E-state index in [-0.39, 0.29) is 24.4 Å². The standard InChI is InChI=1S/C14H16FN3O3/c1-3-9(2)16-12(19)8-18-14(20)21-13(17-18)10-4-6-11(15)7-5-10/h4-7,9H,3,8H2,1-2H3,(H,16,19)/t9-/m1/s1. The lowest BCUT2D eigenvalue weighted by Crippen LogP contribution is -2.36. The number of aromatic nitrogens is 2. The molecule has 1 aromatic carbocycles. The average molecular weight is 293 g/mol. The molecule has 2 aromatic rings. The number of hydrogen-bond acceptors (Lipinski definition) is 4. The summed E-state index contributed by atoms with van der Waals surface area (Å²) in [4.78, 5) is 23.4.